The number of H-pyrrole nitrogens is 1. The lowest BCUT2D eigenvalue weighted by atomic mass is 10.0. The predicted octanol–water partition coefficient (Wildman–Crippen LogP) is 4.35. The molecule has 0 radical (unpaired) electrons. The summed E-state index contributed by atoms with van der Waals surface area (Å²) in [5, 5.41) is 3.77. The van der Waals surface area contributed by atoms with Gasteiger partial charge in [-0.25, -0.2) is 9.97 Å². The fourth-order valence-corrected chi connectivity index (χ4v) is 3.93. The third-order valence-electron chi connectivity index (χ3n) is 5.72. The largest absolute Gasteiger partial charge is 0.346 e. The summed E-state index contributed by atoms with van der Waals surface area (Å²) in [4.78, 5) is 37.4. The van der Waals surface area contributed by atoms with Crippen LogP contribution < -0.4 is 10.9 Å². The summed E-state index contributed by atoms with van der Waals surface area (Å²) in [6.45, 7) is 4.76. The maximum absolute atomic E-state index is 12.6. The minimum absolute atomic E-state index is 0.0149. The van der Waals surface area contributed by atoms with Crippen LogP contribution in [0.4, 0.5) is 0 Å². The molecule has 0 saturated heterocycles. The van der Waals surface area contributed by atoms with Gasteiger partial charge in [-0.1, -0.05) is 44.5 Å². The molecule has 0 aliphatic rings. The van der Waals surface area contributed by atoms with E-state index in [0.717, 1.165) is 41.6 Å². The van der Waals surface area contributed by atoms with Crippen molar-refractivity contribution in [2.45, 2.75) is 52.1 Å². The number of nitrogens with one attached hydrogen (secondary N) is 2. The zero-order valence-electron chi connectivity index (χ0n) is 18.5. The number of imidazole rings is 1. The number of aryl methyl sites for hydroxylation is 1. The van der Waals surface area contributed by atoms with E-state index >= 15 is 0 Å². The van der Waals surface area contributed by atoms with E-state index in [9.17, 15) is 9.59 Å². The number of nitrogens with zero attached hydrogens (tertiary/aromatic N) is 3. The predicted molar refractivity (Wildman–Crippen MR) is 126 cm³/mol. The number of rotatable bonds is 9. The summed E-state index contributed by atoms with van der Waals surface area (Å²) < 4.78 is 1.65. The van der Waals surface area contributed by atoms with Gasteiger partial charge >= 0.3 is 0 Å². The van der Waals surface area contributed by atoms with Gasteiger partial charge in [-0.2, -0.15) is 0 Å². The van der Waals surface area contributed by atoms with E-state index in [0.29, 0.717) is 18.4 Å². The van der Waals surface area contributed by atoms with Crippen molar-refractivity contribution in [2.75, 3.05) is 0 Å². The molecule has 1 atom stereocenters. The van der Waals surface area contributed by atoms with Crippen molar-refractivity contribution in [3.8, 4) is 0 Å². The minimum Gasteiger partial charge on any atom is -0.346 e. The second-order valence-electron chi connectivity index (χ2n) is 8.50. The van der Waals surface area contributed by atoms with Crippen LogP contribution in [0.15, 0.2) is 59.7 Å². The van der Waals surface area contributed by atoms with Crippen LogP contribution in [0.3, 0.4) is 0 Å². The fraction of sp³-hybridized carbons (Fsp3) is 0.360. The van der Waals surface area contributed by atoms with E-state index in [2.05, 4.69) is 34.1 Å². The second-order valence-corrected chi connectivity index (χ2v) is 8.50. The highest BCUT2D eigenvalue weighted by Crippen LogP contribution is 2.22. The lowest BCUT2D eigenvalue weighted by molar-refractivity contribution is -0.122. The highest BCUT2D eigenvalue weighted by molar-refractivity contribution is 5.78. The fourth-order valence-electron chi connectivity index (χ4n) is 3.93. The Morgan fingerprint density at radius 2 is 1.78 bits per heavy atom. The van der Waals surface area contributed by atoms with E-state index in [4.69, 9.17) is 0 Å². The Morgan fingerprint density at radius 1 is 1.03 bits per heavy atom. The van der Waals surface area contributed by atoms with Crippen molar-refractivity contribution in [2.24, 2.45) is 5.92 Å². The van der Waals surface area contributed by atoms with Crippen molar-refractivity contribution in [1.29, 1.82) is 0 Å². The van der Waals surface area contributed by atoms with Crippen molar-refractivity contribution in [3.63, 3.8) is 0 Å². The average molecular weight is 432 g/mol. The smallest absolute Gasteiger partial charge is 0.261 e. The Morgan fingerprint density at radius 3 is 2.56 bits per heavy atom. The Bertz CT molecular complexity index is 1240. The first-order valence-electron chi connectivity index (χ1n) is 11.2. The topological polar surface area (TPSA) is 92.7 Å². The van der Waals surface area contributed by atoms with E-state index in [1.807, 2.05) is 42.5 Å². The van der Waals surface area contributed by atoms with Crippen LogP contribution in [-0.4, -0.2) is 25.4 Å². The molecule has 0 aliphatic carbocycles. The van der Waals surface area contributed by atoms with Crippen LogP contribution >= 0.6 is 0 Å². The summed E-state index contributed by atoms with van der Waals surface area (Å²) in [6, 6.07) is 15.1. The number of unbranched alkanes of at least 4 members (excludes halogenated alkanes) is 2. The van der Waals surface area contributed by atoms with Crippen LogP contribution in [0.5, 0.6) is 0 Å². The zero-order valence-corrected chi connectivity index (χ0v) is 18.5. The summed E-state index contributed by atoms with van der Waals surface area (Å²) in [5.41, 5.74) is 2.58. The molecule has 2 aromatic carbocycles. The van der Waals surface area contributed by atoms with Gasteiger partial charge < -0.3 is 10.3 Å². The molecule has 2 heterocycles. The Kier molecular flexibility index (Phi) is 6.63. The van der Waals surface area contributed by atoms with Gasteiger partial charge in [0.25, 0.3) is 5.56 Å². The highest BCUT2D eigenvalue weighted by Gasteiger charge is 2.21. The molecule has 0 fully saturated rings. The summed E-state index contributed by atoms with van der Waals surface area (Å²) >= 11 is 0. The van der Waals surface area contributed by atoms with Crippen molar-refractivity contribution >= 4 is 27.8 Å². The van der Waals surface area contributed by atoms with Gasteiger partial charge in [0, 0.05) is 13.0 Å². The van der Waals surface area contributed by atoms with Crippen LogP contribution in [0.2, 0.25) is 0 Å². The molecule has 1 amide bonds. The molecule has 4 rings (SSSR count). The van der Waals surface area contributed by atoms with E-state index in [1.54, 1.807) is 17.0 Å². The average Bonchev–Trinajstić information content (AvgIpc) is 3.22. The normalized spacial score (nSPS) is 12.5. The first-order valence-corrected chi connectivity index (χ1v) is 11.2. The van der Waals surface area contributed by atoms with Gasteiger partial charge in [0.05, 0.1) is 34.3 Å². The van der Waals surface area contributed by atoms with Gasteiger partial charge in [0.1, 0.15) is 5.82 Å². The van der Waals surface area contributed by atoms with Crippen molar-refractivity contribution in [1.82, 2.24) is 24.8 Å². The number of amides is 1. The number of carbonyl (C=O) groups excluding carboxylic acids is 1. The number of hydrogen-bond donors (Lipinski definition) is 2. The zero-order chi connectivity index (χ0) is 22.5. The van der Waals surface area contributed by atoms with Crippen LogP contribution in [0.25, 0.3) is 21.9 Å². The molecule has 2 aromatic heterocycles. The number of para-hydroxylation sites is 3. The molecule has 7 nitrogen and oxygen atoms in total. The van der Waals surface area contributed by atoms with Crippen LogP contribution in [0.1, 0.15) is 51.4 Å². The SMILES string of the molecule is CC(C)C(NC(=O)CCCCCn1cnc2ccccc2c1=O)c1nc2ccccc2[nH]1. The molecular formula is C25H29N5O2. The molecule has 0 saturated carbocycles. The summed E-state index contributed by atoms with van der Waals surface area (Å²) in [5.74, 6) is 1.03. The number of carbonyl (C=O) groups is 1. The third-order valence-corrected chi connectivity index (χ3v) is 5.72. The van der Waals surface area contributed by atoms with Crippen molar-refractivity contribution < 1.29 is 4.79 Å². The van der Waals surface area contributed by atoms with Gasteiger partial charge in [-0.15, -0.1) is 0 Å². The standard InChI is InChI=1S/C25H29N5O2/c1-17(2)23(24-27-20-12-7-8-13-21(20)28-24)29-22(31)14-4-3-9-15-30-16-26-19-11-6-5-10-18(19)25(30)32/h5-8,10-13,16-17,23H,3-4,9,14-15H2,1-2H3,(H,27,28)(H,29,31). The number of benzene rings is 2. The van der Waals surface area contributed by atoms with Gasteiger partial charge in [0.2, 0.25) is 5.91 Å². The molecule has 4 aromatic rings. The maximum Gasteiger partial charge on any atom is 0.261 e. The van der Waals surface area contributed by atoms with Gasteiger partial charge in [0.15, 0.2) is 0 Å². The number of aromatic amines is 1. The number of hydrogen-bond acceptors (Lipinski definition) is 4. The molecule has 0 aliphatic heterocycles. The highest BCUT2D eigenvalue weighted by atomic mass is 16.1. The summed E-state index contributed by atoms with van der Waals surface area (Å²) in [6.07, 6.45) is 4.52. The maximum atomic E-state index is 12.6. The van der Waals surface area contributed by atoms with E-state index in [-0.39, 0.29) is 23.4 Å². The van der Waals surface area contributed by atoms with Crippen LogP contribution in [0, 0.1) is 5.92 Å². The van der Waals surface area contributed by atoms with E-state index < -0.39 is 0 Å². The summed E-state index contributed by atoms with van der Waals surface area (Å²) in [7, 11) is 0. The monoisotopic (exact) mass is 431 g/mol. The lowest BCUT2D eigenvalue weighted by Crippen LogP contribution is -2.32. The molecular weight excluding hydrogens is 402 g/mol. The van der Waals surface area contributed by atoms with Gasteiger partial charge in [-0.3, -0.25) is 14.2 Å². The minimum atomic E-state index is -0.155. The second kappa shape index (κ2) is 9.77. The molecule has 0 spiro atoms. The number of fused-ring (bicyclic) bond motifs is 2. The molecule has 0 bridgehead atoms. The van der Waals surface area contributed by atoms with Crippen molar-refractivity contribution in [3.05, 3.63) is 71.0 Å². The Labute approximate surface area is 186 Å². The Balaban J connectivity index is 1.27. The van der Waals surface area contributed by atoms with Gasteiger partial charge in [-0.05, 0) is 43.0 Å². The molecule has 32 heavy (non-hydrogen) atoms. The Hall–Kier alpha value is -3.48. The first kappa shape index (κ1) is 21.7. The lowest BCUT2D eigenvalue weighted by Gasteiger charge is -2.20. The number of aromatic nitrogens is 4. The van der Waals surface area contributed by atoms with Crippen LogP contribution in [-0.2, 0) is 11.3 Å². The molecule has 166 valence electrons. The molecule has 1 unspecified atom stereocenters. The van der Waals surface area contributed by atoms with E-state index in [1.165, 1.54) is 0 Å². The molecule has 2 N–H and O–H groups in total. The molecule has 7 heteroatoms. The third kappa shape index (κ3) is 4.88. The quantitative estimate of drug-likeness (QED) is 0.386. The first-order chi connectivity index (χ1) is 15.5.